The Kier molecular flexibility index (Phi) is 4.88. The van der Waals surface area contributed by atoms with Crippen LogP contribution in [0.2, 0.25) is 0 Å². The van der Waals surface area contributed by atoms with E-state index in [9.17, 15) is 9.59 Å². The van der Waals surface area contributed by atoms with E-state index in [2.05, 4.69) is 5.32 Å². The number of aromatic carboxylic acids is 1. The van der Waals surface area contributed by atoms with Gasteiger partial charge in [0.15, 0.2) is 0 Å². The molecule has 0 atom stereocenters. The number of amides is 1. The zero-order chi connectivity index (χ0) is 14.5. The normalized spacial score (nSPS) is 11.1. The van der Waals surface area contributed by atoms with E-state index >= 15 is 0 Å². The van der Waals surface area contributed by atoms with E-state index in [0.29, 0.717) is 18.9 Å². The van der Waals surface area contributed by atoms with Crippen LogP contribution >= 0.6 is 0 Å². The molecule has 1 aromatic rings. The van der Waals surface area contributed by atoms with E-state index < -0.39 is 17.4 Å². The molecule has 1 aromatic carbocycles. The fraction of sp³-hybridized carbons (Fsp3) is 0.385. The van der Waals surface area contributed by atoms with Crippen molar-refractivity contribution < 1.29 is 19.4 Å². The number of hydrogen-bond donors (Lipinski definition) is 3. The third kappa shape index (κ3) is 4.59. The maximum Gasteiger partial charge on any atom is 0.335 e. The second-order valence-electron chi connectivity index (χ2n) is 4.59. The van der Waals surface area contributed by atoms with Crippen molar-refractivity contribution in [1.29, 1.82) is 0 Å². The van der Waals surface area contributed by atoms with Gasteiger partial charge in [0.05, 0.1) is 11.1 Å². The van der Waals surface area contributed by atoms with E-state index in [-0.39, 0.29) is 5.56 Å². The summed E-state index contributed by atoms with van der Waals surface area (Å²) in [4.78, 5) is 21.7. The summed E-state index contributed by atoms with van der Waals surface area (Å²) >= 11 is 0. The second-order valence-corrected chi connectivity index (χ2v) is 4.59. The molecule has 19 heavy (non-hydrogen) atoms. The van der Waals surface area contributed by atoms with Crippen molar-refractivity contribution in [2.24, 2.45) is 5.73 Å². The molecule has 0 aliphatic rings. The molecule has 4 N–H and O–H groups in total. The Morgan fingerprint density at radius 1 is 1.32 bits per heavy atom. The van der Waals surface area contributed by atoms with Gasteiger partial charge in [-0.15, -0.1) is 0 Å². The Morgan fingerprint density at radius 2 is 1.89 bits per heavy atom. The van der Waals surface area contributed by atoms with Crippen LogP contribution in [0.5, 0.6) is 5.75 Å². The third-order valence-electron chi connectivity index (χ3n) is 2.65. The fourth-order valence-electron chi connectivity index (χ4n) is 1.31. The van der Waals surface area contributed by atoms with Gasteiger partial charge in [-0.1, -0.05) is 0 Å². The lowest BCUT2D eigenvalue weighted by molar-refractivity contribution is -0.123. The number of rotatable bonds is 7. The van der Waals surface area contributed by atoms with Crippen LogP contribution in [0.1, 0.15) is 24.2 Å². The third-order valence-corrected chi connectivity index (χ3v) is 2.65. The van der Waals surface area contributed by atoms with Gasteiger partial charge >= 0.3 is 5.97 Å². The summed E-state index contributed by atoms with van der Waals surface area (Å²) in [5.41, 5.74) is 4.64. The SMILES string of the molecule is CC(C)(NCCOc1ccc(C(=O)O)cc1)C(N)=O. The Balaban J connectivity index is 2.38. The van der Waals surface area contributed by atoms with Crippen molar-refractivity contribution in [2.75, 3.05) is 13.2 Å². The predicted molar refractivity (Wildman–Crippen MR) is 70.2 cm³/mol. The van der Waals surface area contributed by atoms with Gasteiger partial charge in [0, 0.05) is 6.54 Å². The van der Waals surface area contributed by atoms with Gasteiger partial charge in [-0.05, 0) is 38.1 Å². The summed E-state index contributed by atoms with van der Waals surface area (Å²) in [5, 5.41) is 11.7. The average molecular weight is 266 g/mol. The number of nitrogens with two attached hydrogens (primary N) is 1. The molecule has 0 fully saturated rings. The molecule has 6 heteroatoms. The van der Waals surface area contributed by atoms with Gasteiger partial charge < -0.3 is 20.9 Å². The average Bonchev–Trinajstić information content (AvgIpc) is 2.35. The molecule has 0 bridgehead atoms. The van der Waals surface area contributed by atoms with Gasteiger partial charge in [-0.25, -0.2) is 4.79 Å². The van der Waals surface area contributed by atoms with Crippen LogP contribution in [0.3, 0.4) is 0 Å². The zero-order valence-corrected chi connectivity index (χ0v) is 11.0. The quantitative estimate of drug-likeness (QED) is 0.628. The molecular weight excluding hydrogens is 248 g/mol. The summed E-state index contributed by atoms with van der Waals surface area (Å²) in [5.74, 6) is -0.835. The van der Waals surface area contributed by atoms with Crippen molar-refractivity contribution >= 4 is 11.9 Å². The number of carboxylic acids is 1. The summed E-state index contributed by atoms with van der Waals surface area (Å²) < 4.78 is 5.41. The lowest BCUT2D eigenvalue weighted by Gasteiger charge is -2.22. The molecule has 1 rings (SSSR count). The van der Waals surface area contributed by atoms with Crippen molar-refractivity contribution in [2.45, 2.75) is 19.4 Å². The number of primary amides is 1. The highest BCUT2D eigenvalue weighted by Crippen LogP contribution is 2.12. The molecule has 0 aliphatic carbocycles. The first-order valence-corrected chi connectivity index (χ1v) is 5.84. The van der Waals surface area contributed by atoms with E-state index in [0.717, 1.165) is 0 Å². The molecule has 0 radical (unpaired) electrons. The first-order chi connectivity index (χ1) is 8.83. The van der Waals surface area contributed by atoms with Gasteiger partial charge in [-0.3, -0.25) is 4.79 Å². The van der Waals surface area contributed by atoms with Crippen LogP contribution in [-0.4, -0.2) is 35.7 Å². The maximum absolute atomic E-state index is 11.0. The van der Waals surface area contributed by atoms with Gasteiger partial charge in [0.2, 0.25) is 5.91 Å². The highest BCUT2D eigenvalue weighted by molar-refractivity contribution is 5.87. The molecule has 6 nitrogen and oxygen atoms in total. The van der Waals surface area contributed by atoms with Crippen molar-refractivity contribution in [3.8, 4) is 5.75 Å². The van der Waals surface area contributed by atoms with E-state index in [4.69, 9.17) is 15.6 Å². The molecule has 0 saturated heterocycles. The molecule has 0 unspecified atom stereocenters. The number of nitrogens with one attached hydrogen (secondary N) is 1. The summed E-state index contributed by atoms with van der Waals surface area (Å²) in [7, 11) is 0. The largest absolute Gasteiger partial charge is 0.492 e. The van der Waals surface area contributed by atoms with Crippen molar-refractivity contribution in [1.82, 2.24) is 5.32 Å². The number of carboxylic acid groups (broad SMARTS) is 1. The molecule has 0 spiro atoms. The Bertz CT molecular complexity index is 454. The Labute approximate surface area is 111 Å². The highest BCUT2D eigenvalue weighted by Gasteiger charge is 2.23. The molecular formula is C13H18N2O4. The highest BCUT2D eigenvalue weighted by atomic mass is 16.5. The minimum absolute atomic E-state index is 0.209. The van der Waals surface area contributed by atoms with Crippen LogP contribution in [-0.2, 0) is 4.79 Å². The first kappa shape index (κ1) is 15.0. The van der Waals surface area contributed by atoms with Crippen LogP contribution in [0.4, 0.5) is 0 Å². The minimum Gasteiger partial charge on any atom is -0.492 e. The van der Waals surface area contributed by atoms with E-state index in [1.165, 1.54) is 12.1 Å². The molecule has 0 aromatic heterocycles. The fourth-order valence-corrected chi connectivity index (χ4v) is 1.31. The number of carbonyl (C=O) groups is 2. The molecule has 1 amide bonds. The number of benzene rings is 1. The number of carbonyl (C=O) groups excluding carboxylic acids is 1. The summed E-state index contributed by atoms with van der Waals surface area (Å²) in [6.45, 7) is 4.19. The zero-order valence-electron chi connectivity index (χ0n) is 11.0. The predicted octanol–water partition coefficient (Wildman–Crippen LogP) is 0.617. The van der Waals surface area contributed by atoms with Crippen LogP contribution < -0.4 is 15.8 Å². The van der Waals surface area contributed by atoms with Gasteiger partial charge in [0.25, 0.3) is 0 Å². The summed E-state index contributed by atoms with van der Waals surface area (Å²) in [6.07, 6.45) is 0. The lowest BCUT2D eigenvalue weighted by atomic mass is 10.1. The lowest BCUT2D eigenvalue weighted by Crippen LogP contribution is -2.51. The first-order valence-electron chi connectivity index (χ1n) is 5.84. The monoisotopic (exact) mass is 266 g/mol. The molecule has 0 saturated carbocycles. The van der Waals surface area contributed by atoms with E-state index in [1.54, 1.807) is 26.0 Å². The number of hydrogen-bond acceptors (Lipinski definition) is 4. The summed E-state index contributed by atoms with van der Waals surface area (Å²) in [6, 6.07) is 6.11. The van der Waals surface area contributed by atoms with Crippen molar-refractivity contribution in [3.05, 3.63) is 29.8 Å². The van der Waals surface area contributed by atoms with Gasteiger partial charge in [-0.2, -0.15) is 0 Å². The van der Waals surface area contributed by atoms with E-state index in [1.807, 2.05) is 0 Å². The molecule has 104 valence electrons. The van der Waals surface area contributed by atoms with Crippen molar-refractivity contribution in [3.63, 3.8) is 0 Å². The van der Waals surface area contributed by atoms with Crippen LogP contribution in [0.25, 0.3) is 0 Å². The topological polar surface area (TPSA) is 102 Å². The Hall–Kier alpha value is -2.08. The number of ether oxygens (including phenoxy) is 1. The van der Waals surface area contributed by atoms with Crippen LogP contribution in [0.15, 0.2) is 24.3 Å². The maximum atomic E-state index is 11.0. The smallest absolute Gasteiger partial charge is 0.335 e. The molecule has 0 aliphatic heterocycles. The second kappa shape index (κ2) is 6.19. The standard InChI is InChI=1S/C13H18N2O4/c1-13(2,12(14)18)15-7-8-19-10-5-3-9(4-6-10)11(16)17/h3-6,15H,7-8H2,1-2H3,(H2,14,18)(H,16,17). The minimum atomic E-state index is -0.976. The van der Waals surface area contributed by atoms with Gasteiger partial charge in [0.1, 0.15) is 12.4 Å². The van der Waals surface area contributed by atoms with Crippen LogP contribution in [0, 0.1) is 0 Å². The Morgan fingerprint density at radius 3 is 2.37 bits per heavy atom. The molecule has 0 heterocycles.